The Morgan fingerprint density at radius 1 is 1.05 bits per heavy atom. The Morgan fingerprint density at radius 2 is 1.68 bits per heavy atom. The SMILES string of the molecule is CCCN(CC(=O)O)Cc1ccccc1-c1ccccc1C. The van der Waals surface area contributed by atoms with E-state index in [0.29, 0.717) is 6.54 Å². The lowest BCUT2D eigenvalue weighted by Crippen LogP contribution is -2.30. The van der Waals surface area contributed by atoms with E-state index in [1.807, 2.05) is 29.2 Å². The lowest BCUT2D eigenvalue weighted by Gasteiger charge is -2.21. The fraction of sp³-hybridized carbons (Fsp3) is 0.316. The molecule has 0 heterocycles. The van der Waals surface area contributed by atoms with Crippen molar-refractivity contribution in [1.29, 1.82) is 0 Å². The molecule has 0 spiro atoms. The Morgan fingerprint density at radius 3 is 2.32 bits per heavy atom. The van der Waals surface area contributed by atoms with Crippen LogP contribution in [0.2, 0.25) is 0 Å². The highest BCUT2D eigenvalue weighted by Crippen LogP contribution is 2.27. The van der Waals surface area contributed by atoms with Crippen molar-refractivity contribution in [1.82, 2.24) is 4.90 Å². The summed E-state index contributed by atoms with van der Waals surface area (Å²) in [5.74, 6) is -0.776. The molecule has 3 nitrogen and oxygen atoms in total. The van der Waals surface area contributed by atoms with E-state index in [-0.39, 0.29) is 6.54 Å². The van der Waals surface area contributed by atoms with E-state index in [1.54, 1.807) is 0 Å². The van der Waals surface area contributed by atoms with Gasteiger partial charge in [-0.25, -0.2) is 0 Å². The Hall–Kier alpha value is -2.13. The van der Waals surface area contributed by atoms with Crippen LogP contribution in [0, 0.1) is 6.92 Å². The van der Waals surface area contributed by atoms with Gasteiger partial charge in [-0.15, -0.1) is 0 Å². The Kier molecular flexibility index (Phi) is 5.73. The van der Waals surface area contributed by atoms with Crippen molar-refractivity contribution in [3.05, 3.63) is 59.7 Å². The average molecular weight is 297 g/mol. The van der Waals surface area contributed by atoms with Gasteiger partial charge in [0.05, 0.1) is 6.54 Å². The minimum atomic E-state index is -0.776. The standard InChI is InChI=1S/C19H23NO2/c1-3-12-20(14-19(21)22)13-16-9-5-7-11-18(16)17-10-6-4-8-15(17)2/h4-11H,3,12-14H2,1-2H3,(H,21,22). The zero-order valence-electron chi connectivity index (χ0n) is 13.2. The first-order valence-corrected chi connectivity index (χ1v) is 7.70. The van der Waals surface area contributed by atoms with E-state index in [0.717, 1.165) is 13.0 Å². The van der Waals surface area contributed by atoms with Crippen LogP contribution in [0.3, 0.4) is 0 Å². The first-order valence-electron chi connectivity index (χ1n) is 7.70. The molecule has 0 fully saturated rings. The highest BCUT2D eigenvalue weighted by molar-refractivity contribution is 5.71. The maximum Gasteiger partial charge on any atom is 0.317 e. The Labute approximate surface area is 132 Å². The van der Waals surface area contributed by atoms with Crippen LogP contribution in [-0.2, 0) is 11.3 Å². The molecular weight excluding hydrogens is 274 g/mol. The molecule has 116 valence electrons. The fourth-order valence-corrected chi connectivity index (χ4v) is 2.76. The quantitative estimate of drug-likeness (QED) is 0.841. The monoisotopic (exact) mass is 297 g/mol. The van der Waals surface area contributed by atoms with Gasteiger partial charge in [-0.3, -0.25) is 9.69 Å². The van der Waals surface area contributed by atoms with Crippen molar-refractivity contribution in [3.8, 4) is 11.1 Å². The van der Waals surface area contributed by atoms with Gasteiger partial charge in [0, 0.05) is 6.54 Å². The second-order valence-corrected chi connectivity index (χ2v) is 5.58. The van der Waals surface area contributed by atoms with Gasteiger partial charge in [0.15, 0.2) is 0 Å². The first-order chi connectivity index (χ1) is 10.6. The van der Waals surface area contributed by atoms with Crippen molar-refractivity contribution >= 4 is 5.97 Å². The average Bonchev–Trinajstić information content (AvgIpc) is 2.48. The van der Waals surface area contributed by atoms with Crippen molar-refractivity contribution in [2.75, 3.05) is 13.1 Å². The summed E-state index contributed by atoms with van der Waals surface area (Å²) in [6.07, 6.45) is 0.944. The summed E-state index contributed by atoms with van der Waals surface area (Å²) >= 11 is 0. The van der Waals surface area contributed by atoms with Crippen LogP contribution in [0.15, 0.2) is 48.5 Å². The maximum absolute atomic E-state index is 11.0. The highest BCUT2D eigenvalue weighted by atomic mass is 16.4. The molecule has 0 amide bonds. The molecule has 0 aliphatic carbocycles. The van der Waals surface area contributed by atoms with Gasteiger partial charge in [0.2, 0.25) is 0 Å². The molecule has 2 aromatic carbocycles. The third-order valence-electron chi connectivity index (χ3n) is 3.75. The van der Waals surface area contributed by atoms with Gasteiger partial charge < -0.3 is 5.11 Å². The van der Waals surface area contributed by atoms with E-state index in [1.165, 1.54) is 22.3 Å². The summed E-state index contributed by atoms with van der Waals surface area (Å²) in [5.41, 5.74) is 4.80. The molecule has 2 rings (SSSR count). The lowest BCUT2D eigenvalue weighted by atomic mass is 9.96. The van der Waals surface area contributed by atoms with E-state index in [2.05, 4.69) is 38.1 Å². The number of hydrogen-bond donors (Lipinski definition) is 1. The van der Waals surface area contributed by atoms with Gasteiger partial charge >= 0.3 is 5.97 Å². The van der Waals surface area contributed by atoms with Crippen LogP contribution in [0.25, 0.3) is 11.1 Å². The molecule has 0 atom stereocenters. The molecule has 0 aliphatic heterocycles. The van der Waals surface area contributed by atoms with Crippen molar-refractivity contribution in [2.24, 2.45) is 0 Å². The van der Waals surface area contributed by atoms with Gasteiger partial charge in [-0.1, -0.05) is 55.5 Å². The molecular formula is C19H23NO2. The van der Waals surface area contributed by atoms with Gasteiger partial charge in [0.25, 0.3) is 0 Å². The third kappa shape index (κ3) is 4.18. The number of aryl methyl sites for hydroxylation is 1. The number of carboxylic acid groups (broad SMARTS) is 1. The summed E-state index contributed by atoms with van der Waals surface area (Å²) < 4.78 is 0. The van der Waals surface area contributed by atoms with Gasteiger partial charge in [-0.05, 0) is 42.1 Å². The summed E-state index contributed by atoms with van der Waals surface area (Å²) in [7, 11) is 0. The molecule has 0 saturated heterocycles. The second-order valence-electron chi connectivity index (χ2n) is 5.58. The normalized spacial score (nSPS) is 10.9. The maximum atomic E-state index is 11.0. The van der Waals surface area contributed by atoms with Crippen LogP contribution < -0.4 is 0 Å². The number of carbonyl (C=O) groups is 1. The molecule has 0 radical (unpaired) electrons. The predicted molar refractivity (Wildman–Crippen MR) is 89.8 cm³/mol. The minimum absolute atomic E-state index is 0.0793. The number of aliphatic carboxylic acids is 1. The smallest absolute Gasteiger partial charge is 0.317 e. The third-order valence-corrected chi connectivity index (χ3v) is 3.75. The zero-order chi connectivity index (χ0) is 15.9. The van der Waals surface area contributed by atoms with Crippen LogP contribution >= 0.6 is 0 Å². The molecule has 3 heteroatoms. The Bertz CT molecular complexity index is 637. The van der Waals surface area contributed by atoms with Gasteiger partial charge in [-0.2, -0.15) is 0 Å². The van der Waals surface area contributed by atoms with Crippen LogP contribution in [0.5, 0.6) is 0 Å². The molecule has 22 heavy (non-hydrogen) atoms. The van der Waals surface area contributed by atoms with E-state index in [4.69, 9.17) is 5.11 Å². The van der Waals surface area contributed by atoms with Gasteiger partial charge in [0.1, 0.15) is 0 Å². The van der Waals surface area contributed by atoms with E-state index in [9.17, 15) is 4.79 Å². The fourth-order valence-electron chi connectivity index (χ4n) is 2.76. The minimum Gasteiger partial charge on any atom is -0.480 e. The number of rotatable bonds is 7. The molecule has 0 aliphatic rings. The van der Waals surface area contributed by atoms with Crippen LogP contribution in [0.1, 0.15) is 24.5 Å². The molecule has 1 N–H and O–H groups in total. The number of hydrogen-bond acceptors (Lipinski definition) is 2. The Balaban J connectivity index is 2.32. The number of nitrogens with zero attached hydrogens (tertiary/aromatic N) is 1. The van der Waals surface area contributed by atoms with E-state index < -0.39 is 5.97 Å². The van der Waals surface area contributed by atoms with E-state index >= 15 is 0 Å². The summed E-state index contributed by atoms with van der Waals surface area (Å²) in [5, 5.41) is 9.08. The molecule has 0 bridgehead atoms. The summed E-state index contributed by atoms with van der Waals surface area (Å²) in [6, 6.07) is 16.6. The molecule has 0 unspecified atom stereocenters. The van der Waals surface area contributed by atoms with Crippen LogP contribution in [-0.4, -0.2) is 29.1 Å². The van der Waals surface area contributed by atoms with Crippen molar-refractivity contribution in [2.45, 2.75) is 26.8 Å². The lowest BCUT2D eigenvalue weighted by molar-refractivity contribution is -0.138. The molecule has 0 saturated carbocycles. The van der Waals surface area contributed by atoms with Crippen LogP contribution in [0.4, 0.5) is 0 Å². The van der Waals surface area contributed by atoms with Crippen molar-refractivity contribution in [3.63, 3.8) is 0 Å². The zero-order valence-corrected chi connectivity index (χ0v) is 13.2. The predicted octanol–water partition coefficient (Wildman–Crippen LogP) is 3.96. The molecule has 2 aromatic rings. The largest absolute Gasteiger partial charge is 0.480 e. The summed E-state index contributed by atoms with van der Waals surface area (Å²) in [6.45, 7) is 5.70. The first kappa shape index (κ1) is 16.2. The summed E-state index contributed by atoms with van der Waals surface area (Å²) in [4.78, 5) is 13.0. The number of carboxylic acids is 1. The second kappa shape index (κ2) is 7.76. The topological polar surface area (TPSA) is 40.5 Å². The highest BCUT2D eigenvalue weighted by Gasteiger charge is 2.13. The van der Waals surface area contributed by atoms with Crippen molar-refractivity contribution < 1.29 is 9.90 Å². The number of benzene rings is 2. The molecule has 0 aromatic heterocycles.